The quantitative estimate of drug-likeness (QED) is 0.240. The summed E-state index contributed by atoms with van der Waals surface area (Å²) in [6.45, 7) is 2.22. The van der Waals surface area contributed by atoms with Crippen LogP contribution in [-0.4, -0.2) is 57.7 Å². The van der Waals surface area contributed by atoms with Crippen LogP contribution in [0.5, 0.6) is 5.75 Å². The van der Waals surface area contributed by atoms with Crippen molar-refractivity contribution in [3.8, 4) is 5.75 Å². The first-order valence-corrected chi connectivity index (χ1v) is 8.58. The third kappa shape index (κ3) is 8.98. The molecule has 0 bridgehead atoms. The molecular weight excluding hydrogens is 455 g/mol. The van der Waals surface area contributed by atoms with Crippen molar-refractivity contribution in [3.05, 3.63) is 29.8 Å². The number of nitrogens with one attached hydrogen (secondary N) is 1. The summed E-state index contributed by atoms with van der Waals surface area (Å²) >= 11 is 0. The Morgan fingerprint density at radius 3 is 2.81 bits per heavy atom. The molecule has 148 valence electrons. The lowest BCUT2D eigenvalue weighted by molar-refractivity contribution is 0.0818. The van der Waals surface area contributed by atoms with Crippen molar-refractivity contribution < 1.29 is 18.3 Å². The largest absolute Gasteiger partial charge is 0.488 e. The first-order chi connectivity index (χ1) is 12.1. The van der Waals surface area contributed by atoms with Gasteiger partial charge in [-0.05, 0) is 36.5 Å². The summed E-state index contributed by atoms with van der Waals surface area (Å²) in [7, 11) is 3.68. The summed E-state index contributed by atoms with van der Waals surface area (Å²) in [5, 5.41) is 3.26. The average Bonchev–Trinajstić information content (AvgIpc) is 3.42. The smallest absolute Gasteiger partial charge is 0.272 e. The van der Waals surface area contributed by atoms with Gasteiger partial charge in [0.1, 0.15) is 12.4 Å². The minimum absolute atomic E-state index is 0. The van der Waals surface area contributed by atoms with Gasteiger partial charge in [0.15, 0.2) is 5.96 Å². The summed E-state index contributed by atoms with van der Waals surface area (Å²) in [6.07, 6.45) is 0.106. The van der Waals surface area contributed by atoms with Crippen molar-refractivity contribution in [1.82, 2.24) is 10.2 Å². The van der Waals surface area contributed by atoms with E-state index in [1.165, 1.54) is 12.8 Å². The highest BCUT2D eigenvalue weighted by atomic mass is 127. The standard InChI is InChI=1S/C18H27F2N3O2.HI/c1-21-18(23(2)8-9-24-12-14-6-7-14)22-11-15-4-3-5-16(10-15)25-13-17(19)20;/h3-5,10,14,17H,6-9,11-13H2,1-2H3,(H,21,22);1H. The predicted octanol–water partition coefficient (Wildman–Crippen LogP) is 3.38. The lowest BCUT2D eigenvalue weighted by atomic mass is 10.2. The van der Waals surface area contributed by atoms with E-state index < -0.39 is 13.0 Å². The second kappa shape index (κ2) is 12.3. The number of benzene rings is 1. The molecule has 0 saturated heterocycles. The molecule has 0 amide bonds. The van der Waals surface area contributed by atoms with E-state index in [9.17, 15) is 8.78 Å². The van der Waals surface area contributed by atoms with Crippen LogP contribution in [-0.2, 0) is 11.3 Å². The Hall–Kier alpha value is -1.16. The van der Waals surface area contributed by atoms with Crippen LogP contribution in [0.2, 0.25) is 0 Å². The van der Waals surface area contributed by atoms with E-state index in [0.717, 1.165) is 30.6 Å². The topological polar surface area (TPSA) is 46.1 Å². The van der Waals surface area contributed by atoms with Crippen molar-refractivity contribution >= 4 is 29.9 Å². The number of halogens is 3. The minimum atomic E-state index is -2.48. The summed E-state index contributed by atoms with van der Waals surface area (Å²) < 4.78 is 35.1. The van der Waals surface area contributed by atoms with Gasteiger partial charge in [0, 0.05) is 33.8 Å². The Morgan fingerprint density at radius 1 is 1.38 bits per heavy atom. The molecule has 0 aromatic heterocycles. The van der Waals surface area contributed by atoms with Crippen molar-refractivity contribution in [3.63, 3.8) is 0 Å². The SMILES string of the molecule is CN=C(NCc1cccc(OCC(F)F)c1)N(C)CCOCC1CC1.I. The molecule has 0 aliphatic heterocycles. The van der Waals surface area contributed by atoms with Crippen LogP contribution in [0.1, 0.15) is 18.4 Å². The third-order valence-electron chi connectivity index (χ3n) is 3.92. The zero-order valence-electron chi connectivity index (χ0n) is 15.3. The number of likely N-dealkylation sites (N-methyl/N-ethyl adjacent to an activating group) is 1. The van der Waals surface area contributed by atoms with E-state index in [0.29, 0.717) is 18.9 Å². The molecule has 1 fully saturated rings. The summed E-state index contributed by atoms with van der Waals surface area (Å²) in [5.74, 6) is 1.97. The molecule has 1 aromatic carbocycles. The van der Waals surface area contributed by atoms with Gasteiger partial charge in [-0.2, -0.15) is 0 Å². The second-order valence-electron chi connectivity index (χ2n) is 6.19. The van der Waals surface area contributed by atoms with Crippen LogP contribution in [0.15, 0.2) is 29.3 Å². The molecule has 8 heteroatoms. The Bertz CT molecular complexity index is 557. The third-order valence-corrected chi connectivity index (χ3v) is 3.92. The number of ether oxygens (including phenoxy) is 2. The number of rotatable bonds is 10. The van der Waals surface area contributed by atoms with Crippen LogP contribution in [0.3, 0.4) is 0 Å². The van der Waals surface area contributed by atoms with E-state index in [1.807, 2.05) is 18.0 Å². The predicted molar refractivity (Wildman–Crippen MR) is 110 cm³/mol. The highest BCUT2D eigenvalue weighted by Gasteiger charge is 2.21. The normalized spacial score (nSPS) is 14.1. The molecule has 0 atom stereocenters. The first-order valence-electron chi connectivity index (χ1n) is 8.58. The zero-order chi connectivity index (χ0) is 18.1. The van der Waals surface area contributed by atoms with Gasteiger partial charge in [-0.1, -0.05) is 12.1 Å². The van der Waals surface area contributed by atoms with Crippen LogP contribution in [0.4, 0.5) is 8.78 Å². The Labute approximate surface area is 171 Å². The Balaban J connectivity index is 0.00000338. The van der Waals surface area contributed by atoms with E-state index in [-0.39, 0.29) is 24.0 Å². The molecule has 5 nitrogen and oxygen atoms in total. The highest BCUT2D eigenvalue weighted by Crippen LogP contribution is 2.28. The van der Waals surface area contributed by atoms with Gasteiger partial charge in [0.25, 0.3) is 6.43 Å². The van der Waals surface area contributed by atoms with Gasteiger partial charge in [0.05, 0.1) is 6.61 Å². The average molecular weight is 483 g/mol. The monoisotopic (exact) mass is 483 g/mol. The first kappa shape index (κ1) is 22.9. The molecule has 1 aliphatic carbocycles. The maximum absolute atomic E-state index is 12.2. The summed E-state index contributed by atoms with van der Waals surface area (Å²) in [5.41, 5.74) is 0.936. The lowest BCUT2D eigenvalue weighted by Gasteiger charge is -2.22. The van der Waals surface area contributed by atoms with Crippen LogP contribution >= 0.6 is 24.0 Å². The number of hydrogen-bond donors (Lipinski definition) is 1. The summed E-state index contributed by atoms with van der Waals surface area (Å²) in [4.78, 5) is 6.26. The maximum atomic E-state index is 12.2. The zero-order valence-corrected chi connectivity index (χ0v) is 17.6. The molecule has 0 radical (unpaired) electrons. The van der Waals surface area contributed by atoms with Crippen LogP contribution in [0, 0.1) is 5.92 Å². The maximum Gasteiger partial charge on any atom is 0.272 e. The van der Waals surface area contributed by atoms with E-state index >= 15 is 0 Å². The van der Waals surface area contributed by atoms with E-state index in [2.05, 4.69) is 10.3 Å². The fourth-order valence-corrected chi connectivity index (χ4v) is 2.31. The van der Waals surface area contributed by atoms with Crippen LogP contribution < -0.4 is 10.1 Å². The van der Waals surface area contributed by atoms with Crippen molar-refractivity contribution in [1.29, 1.82) is 0 Å². The van der Waals surface area contributed by atoms with Crippen molar-refractivity contribution in [2.24, 2.45) is 10.9 Å². The van der Waals surface area contributed by atoms with Crippen molar-refractivity contribution in [2.75, 3.05) is 40.5 Å². The van der Waals surface area contributed by atoms with E-state index in [4.69, 9.17) is 9.47 Å². The lowest BCUT2D eigenvalue weighted by Crippen LogP contribution is -2.40. The number of guanidine groups is 1. The summed E-state index contributed by atoms with van der Waals surface area (Å²) in [6, 6.07) is 7.12. The molecular formula is C18H28F2IN3O2. The van der Waals surface area contributed by atoms with Crippen LogP contribution in [0.25, 0.3) is 0 Å². The van der Waals surface area contributed by atoms with Gasteiger partial charge in [-0.3, -0.25) is 4.99 Å². The molecule has 0 unspecified atom stereocenters. The number of hydrogen-bond acceptors (Lipinski definition) is 3. The fourth-order valence-electron chi connectivity index (χ4n) is 2.31. The number of aliphatic imine (C=N–C) groups is 1. The van der Waals surface area contributed by atoms with Gasteiger partial charge in [0.2, 0.25) is 0 Å². The van der Waals surface area contributed by atoms with Gasteiger partial charge in [-0.15, -0.1) is 24.0 Å². The molecule has 0 spiro atoms. The van der Waals surface area contributed by atoms with Gasteiger partial charge < -0.3 is 19.7 Å². The molecule has 1 aliphatic rings. The Morgan fingerprint density at radius 2 is 2.15 bits per heavy atom. The molecule has 26 heavy (non-hydrogen) atoms. The molecule has 1 saturated carbocycles. The van der Waals surface area contributed by atoms with Gasteiger partial charge >= 0.3 is 0 Å². The number of alkyl halides is 2. The van der Waals surface area contributed by atoms with E-state index in [1.54, 1.807) is 25.2 Å². The highest BCUT2D eigenvalue weighted by molar-refractivity contribution is 14.0. The number of nitrogens with zero attached hydrogens (tertiary/aromatic N) is 2. The fraction of sp³-hybridized carbons (Fsp3) is 0.611. The van der Waals surface area contributed by atoms with Crippen molar-refractivity contribution in [2.45, 2.75) is 25.8 Å². The Kier molecular flexibility index (Phi) is 10.8. The second-order valence-corrected chi connectivity index (χ2v) is 6.19. The molecule has 0 heterocycles. The molecule has 1 aromatic rings. The minimum Gasteiger partial charge on any atom is -0.488 e. The molecule has 2 rings (SSSR count). The van der Waals surface area contributed by atoms with Gasteiger partial charge in [-0.25, -0.2) is 8.78 Å². The molecule has 1 N–H and O–H groups in total.